The molecule has 0 heterocycles. The molecule has 34 heteroatoms. The van der Waals surface area contributed by atoms with Crippen LogP contribution in [0.25, 0.3) is 0 Å². The molecule has 0 spiro atoms. The van der Waals surface area contributed by atoms with Crippen LogP contribution in [0, 0.1) is 0 Å². The van der Waals surface area contributed by atoms with E-state index in [4.69, 9.17) is 22.9 Å². The maximum absolute atomic E-state index is 13.4. The highest BCUT2D eigenvalue weighted by atomic mass is 32.1. The number of nitrogens with zero attached hydrogens (tertiary/aromatic N) is 1. The molecule has 0 saturated heterocycles. The highest BCUT2D eigenvalue weighted by Gasteiger charge is 2.33. The van der Waals surface area contributed by atoms with Gasteiger partial charge in [0.2, 0.25) is 65.0 Å². The van der Waals surface area contributed by atoms with Gasteiger partial charge in [0.05, 0.1) is 32.7 Å². The highest BCUT2D eigenvalue weighted by molar-refractivity contribution is 7.80. The number of aliphatic carboxylic acids is 2. The molecule has 0 radical (unpaired) electrons. The number of primary amides is 1. The Labute approximate surface area is 428 Å². The van der Waals surface area contributed by atoms with Crippen LogP contribution in [0.3, 0.4) is 0 Å². The Morgan fingerprint density at radius 3 is 1.32 bits per heavy atom. The fourth-order valence-electron chi connectivity index (χ4n) is 5.92. The number of aliphatic hydroxyl groups excluding tert-OH is 2. The maximum Gasteiger partial charge on any atom is 0.305 e. The van der Waals surface area contributed by atoms with Gasteiger partial charge in [-0.25, -0.2) is 0 Å². The summed E-state index contributed by atoms with van der Waals surface area (Å²) in [6, 6.07) is -12.5. The Hall–Kier alpha value is -7.04. The molecular formula is C39H67N15O17S2. The Balaban J connectivity index is 6.00. The zero-order chi connectivity index (χ0) is 55.8. The molecule has 0 aliphatic rings. The lowest BCUT2D eigenvalue weighted by Gasteiger charge is -2.25. The number of carboxylic acids is 2. The van der Waals surface area contributed by atoms with Crippen molar-refractivity contribution in [3.8, 4) is 0 Å². The quantitative estimate of drug-likeness (QED) is 0.0119. The number of nitrogens with one attached hydrogen (secondary N) is 10. The Bertz CT molecular complexity index is 1980. The van der Waals surface area contributed by atoms with Crippen molar-refractivity contribution in [3.63, 3.8) is 0 Å². The fraction of sp³-hybridized carbons (Fsp3) is 0.641. The number of aliphatic hydroxyl groups is 2. The van der Waals surface area contributed by atoms with Crippen molar-refractivity contribution in [2.24, 2.45) is 27.9 Å². The smallest absolute Gasteiger partial charge is 0.305 e. The number of nitrogens with two attached hydrogens (primary N) is 4. The van der Waals surface area contributed by atoms with E-state index < -0.39 is 171 Å². The van der Waals surface area contributed by atoms with E-state index in [0.717, 1.165) is 6.92 Å². The number of hydrogen-bond acceptors (Lipinski definition) is 19. The minimum atomic E-state index is -1.94. The summed E-state index contributed by atoms with van der Waals surface area (Å²) in [6.07, 6.45) is -1.87. The third-order valence-electron chi connectivity index (χ3n) is 9.68. The molecule has 412 valence electrons. The Kier molecular flexibility index (Phi) is 32.5. The van der Waals surface area contributed by atoms with Crippen LogP contribution in [0.2, 0.25) is 0 Å². The summed E-state index contributed by atoms with van der Waals surface area (Å²) in [7, 11) is 0. The van der Waals surface area contributed by atoms with Gasteiger partial charge < -0.3 is 96.5 Å². The molecule has 0 aliphatic carbocycles. The van der Waals surface area contributed by atoms with E-state index in [9.17, 15) is 82.8 Å². The molecule has 0 rings (SSSR count). The fourth-order valence-corrected chi connectivity index (χ4v) is 6.45. The SMILES string of the molecule is CC(=O)N[C@@H](CS)C(=O)N[C@@H](CCCN=C(N)N)C(=O)NCC(=O)N[C@@H](CC(=O)O)C(=O)N[C@@H](CO)C(=O)N[C@@H](CCCCN)C(=O)NCC(=O)N[C@@H](CCC(=O)O)C(=O)N[C@@H](CO)C(=O)N[C@@H](CS)C(N)=O. The van der Waals surface area contributed by atoms with Gasteiger partial charge in [-0.1, -0.05) is 0 Å². The van der Waals surface area contributed by atoms with Crippen molar-refractivity contribution in [1.29, 1.82) is 0 Å². The second-order valence-corrected chi connectivity index (χ2v) is 16.4. The normalized spacial score (nSPS) is 13.9. The minimum Gasteiger partial charge on any atom is -0.481 e. The number of hydrogen-bond donors (Lipinski definition) is 20. The molecule has 22 N–H and O–H groups in total. The second kappa shape index (κ2) is 36.0. The number of unbranched alkanes of at least 4 members (excludes halogenated alkanes) is 1. The van der Waals surface area contributed by atoms with Crippen LogP contribution in [0.1, 0.15) is 58.3 Å². The monoisotopic (exact) mass is 1080 g/mol. The summed E-state index contributed by atoms with van der Waals surface area (Å²) in [4.78, 5) is 167. The van der Waals surface area contributed by atoms with Crippen molar-refractivity contribution in [2.45, 2.75) is 107 Å². The first-order chi connectivity index (χ1) is 34.3. The molecule has 0 saturated carbocycles. The van der Waals surface area contributed by atoms with Crippen LogP contribution in [-0.2, 0) is 62.3 Å². The topological polar surface area (TPSA) is 540 Å². The van der Waals surface area contributed by atoms with Crippen LogP contribution in [0.4, 0.5) is 0 Å². The number of aliphatic imine (C=N–C) groups is 1. The van der Waals surface area contributed by atoms with Gasteiger partial charge in [-0.2, -0.15) is 25.3 Å². The first-order valence-corrected chi connectivity index (χ1v) is 23.5. The van der Waals surface area contributed by atoms with E-state index in [0.29, 0.717) is 6.42 Å². The number of rotatable bonds is 37. The molecule has 0 aromatic carbocycles. The summed E-state index contributed by atoms with van der Waals surface area (Å²) in [5.74, 6) is -14.9. The molecule has 0 fully saturated rings. The molecule has 0 aromatic rings. The molecule has 0 aromatic heterocycles. The predicted octanol–water partition coefficient (Wildman–Crippen LogP) is -10.0. The Morgan fingerprint density at radius 2 is 0.904 bits per heavy atom. The van der Waals surface area contributed by atoms with Crippen molar-refractivity contribution >= 4 is 108 Å². The largest absolute Gasteiger partial charge is 0.481 e. The van der Waals surface area contributed by atoms with Gasteiger partial charge in [0.1, 0.15) is 48.3 Å². The van der Waals surface area contributed by atoms with Crippen molar-refractivity contribution in [2.75, 3.05) is 50.9 Å². The summed E-state index contributed by atoms with van der Waals surface area (Å²) in [5.41, 5.74) is 21.4. The van der Waals surface area contributed by atoms with Crippen LogP contribution in [-0.4, -0.2) is 203 Å². The molecule has 32 nitrogen and oxygen atoms in total. The molecule has 0 bridgehead atoms. The standard InChI is InChI=1S/C39H67N15O17S2/c1-18(57)47-26(17-73)38(71)51-20(6-4-10-44-39(42)43)33(66)46-13-28(59)49-22(11-30(62)63)35(68)53-23(14-55)36(69)50-19(5-2-3-9-40)32(65)45-12-27(58)48-21(7-8-29(60)61)34(67)52-24(15-56)37(70)54-25(16-72)31(41)64/h19-26,55-56,72-73H,2-17,40H2,1H3,(H2,41,64)(H,45,65)(H,46,66)(H,47,57)(H,48,58)(H,49,59)(H,50,69)(H,51,71)(H,52,67)(H,53,68)(H,54,70)(H,60,61)(H,62,63)(H4,42,43,44)/t19-,20-,21-,22-,23-,24-,25-,26-/m0/s1. The number of carboxylic acid groups (broad SMARTS) is 2. The number of thiol groups is 2. The zero-order valence-electron chi connectivity index (χ0n) is 39.7. The summed E-state index contributed by atoms with van der Waals surface area (Å²) >= 11 is 7.91. The lowest BCUT2D eigenvalue weighted by molar-refractivity contribution is -0.141. The first-order valence-electron chi connectivity index (χ1n) is 22.2. The average Bonchev–Trinajstić information content (AvgIpc) is 3.32. The summed E-state index contributed by atoms with van der Waals surface area (Å²) in [6.45, 7) is -2.61. The van der Waals surface area contributed by atoms with E-state index in [2.05, 4.69) is 83.4 Å². The van der Waals surface area contributed by atoms with E-state index in [1.807, 2.05) is 0 Å². The molecule has 11 amide bonds. The van der Waals surface area contributed by atoms with Crippen LogP contribution >= 0.6 is 25.3 Å². The molecule has 8 atom stereocenters. The van der Waals surface area contributed by atoms with Gasteiger partial charge >= 0.3 is 11.9 Å². The second-order valence-electron chi connectivity index (χ2n) is 15.6. The van der Waals surface area contributed by atoms with Gasteiger partial charge in [-0.15, -0.1) is 0 Å². The van der Waals surface area contributed by atoms with E-state index >= 15 is 0 Å². The molecule has 0 unspecified atom stereocenters. The number of guanidine groups is 1. The highest BCUT2D eigenvalue weighted by Crippen LogP contribution is 2.05. The first kappa shape index (κ1) is 66.0. The zero-order valence-corrected chi connectivity index (χ0v) is 41.5. The lowest BCUT2D eigenvalue weighted by atomic mass is 10.1. The van der Waals surface area contributed by atoms with Gasteiger partial charge in [0.25, 0.3) is 0 Å². The third kappa shape index (κ3) is 28.0. The average molecular weight is 1080 g/mol. The van der Waals surface area contributed by atoms with Crippen LogP contribution in [0.15, 0.2) is 4.99 Å². The minimum absolute atomic E-state index is 0.0350. The van der Waals surface area contributed by atoms with Crippen molar-refractivity contribution < 1.29 is 82.8 Å². The summed E-state index contributed by atoms with van der Waals surface area (Å²) < 4.78 is 0. The Morgan fingerprint density at radius 1 is 0.493 bits per heavy atom. The molecular weight excluding hydrogens is 1010 g/mol. The van der Waals surface area contributed by atoms with Gasteiger partial charge in [-0.3, -0.25) is 67.3 Å². The van der Waals surface area contributed by atoms with E-state index in [1.54, 1.807) is 0 Å². The molecule has 0 aliphatic heterocycles. The number of amides is 11. The van der Waals surface area contributed by atoms with Gasteiger partial charge in [-0.05, 0) is 45.1 Å². The number of carbonyl (C=O) groups is 13. The van der Waals surface area contributed by atoms with Crippen LogP contribution < -0.4 is 76.1 Å². The van der Waals surface area contributed by atoms with Crippen molar-refractivity contribution in [3.05, 3.63) is 0 Å². The van der Waals surface area contributed by atoms with Gasteiger partial charge in [0.15, 0.2) is 5.96 Å². The predicted molar refractivity (Wildman–Crippen MR) is 260 cm³/mol. The number of carbonyl (C=O) groups excluding carboxylic acids is 11. The summed E-state index contributed by atoms with van der Waals surface area (Å²) in [5, 5.41) is 60.6. The van der Waals surface area contributed by atoms with E-state index in [-0.39, 0.29) is 56.2 Å². The maximum atomic E-state index is 13.4. The third-order valence-corrected chi connectivity index (χ3v) is 10.4. The van der Waals surface area contributed by atoms with Gasteiger partial charge in [0, 0.05) is 31.4 Å². The lowest BCUT2D eigenvalue weighted by Crippen LogP contribution is -2.59. The molecule has 73 heavy (non-hydrogen) atoms. The van der Waals surface area contributed by atoms with Crippen molar-refractivity contribution in [1.82, 2.24) is 53.2 Å². The van der Waals surface area contributed by atoms with E-state index in [1.165, 1.54) is 0 Å². The van der Waals surface area contributed by atoms with Crippen LogP contribution in [0.5, 0.6) is 0 Å².